The molecule has 8 aromatic carbocycles. The smallest absolute Gasteiger partial charge is 0.241 e. The van der Waals surface area contributed by atoms with E-state index in [1.807, 2.05) is 0 Å². The topological polar surface area (TPSA) is 63.3 Å². The van der Waals surface area contributed by atoms with Crippen molar-refractivity contribution in [1.29, 1.82) is 0 Å². The number of nitrogens with zero attached hydrogens (tertiary/aromatic N) is 8. The normalized spacial score (nSPS) is 12.1. The maximum Gasteiger partial charge on any atom is 0.241 e. The van der Waals surface area contributed by atoms with Crippen LogP contribution in [0.1, 0.15) is 0 Å². The molecule has 0 radical (unpaired) electrons. The zero-order chi connectivity index (χ0) is 41.2. The Morgan fingerprint density at radius 2 is 0.571 bits per heavy atom. The molecule has 0 amide bonds. The van der Waals surface area contributed by atoms with Crippen molar-refractivity contribution in [3.63, 3.8) is 0 Å². The zero-order valence-corrected chi connectivity index (χ0v) is 33.7. The molecular formula is C55H34N8. The van der Waals surface area contributed by atoms with E-state index in [0.717, 1.165) is 98.6 Å². The third-order valence-corrected chi connectivity index (χ3v) is 12.9. The molecule has 0 unspecified atom stereocenters. The molecule has 6 aromatic heterocycles. The van der Waals surface area contributed by atoms with Gasteiger partial charge in [0, 0.05) is 66.9 Å². The Balaban J connectivity index is 1.14. The molecule has 63 heavy (non-hydrogen) atoms. The van der Waals surface area contributed by atoms with Crippen LogP contribution in [0.15, 0.2) is 207 Å². The van der Waals surface area contributed by atoms with Gasteiger partial charge in [-0.3, -0.25) is 13.7 Å². The molecule has 14 rings (SSSR count). The highest BCUT2D eigenvalue weighted by Crippen LogP contribution is 2.40. The number of aromatic nitrogens is 8. The van der Waals surface area contributed by atoms with Gasteiger partial charge in [0.15, 0.2) is 0 Å². The molecule has 0 saturated carbocycles. The summed E-state index contributed by atoms with van der Waals surface area (Å²) in [6, 6.07) is 68.6. The van der Waals surface area contributed by atoms with Crippen LogP contribution in [-0.2, 0) is 0 Å². The average molecular weight is 807 g/mol. The molecule has 8 heteroatoms. The van der Waals surface area contributed by atoms with Crippen molar-refractivity contribution >= 4 is 87.2 Å². The molecule has 0 aliphatic carbocycles. The summed E-state index contributed by atoms with van der Waals surface area (Å²) in [5.41, 5.74) is 10.6. The van der Waals surface area contributed by atoms with Crippen LogP contribution in [0, 0.1) is 0 Å². The molecule has 0 N–H and O–H groups in total. The lowest BCUT2D eigenvalue weighted by Crippen LogP contribution is -2.13. The lowest BCUT2D eigenvalue weighted by molar-refractivity contribution is 0.849. The lowest BCUT2D eigenvalue weighted by Gasteiger charge is -2.14. The fourth-order valence-electron chi connectivity index (χ4n) is 10.2. The highest BCUT2D eigenvalue weighted by molar-refractivity contribution is 6.20. The predicted octanol–water partition coefficient (Wildman–Crippen LogP) is 13.1. The fraction of sp³-hybridized carbons (Fsp3) is 0. The number of para-hydroxylation sites is 6. The molecule has 0 spiro atoms. The summed E-state index contributed by atoms with van der Waals surface area (Å²) in [6.07, 6.45) is 4.32. The minimum atomic E-state index is 0.531. The van der Waals surface area contributed by atoms with Gasteiger partial charge in [-0.2, -0.15) is 15.0 Å². The molecule has 0 aliphatic heterocycles. The quantitative estimate of drug-likeness (QED) is 0.174. The van der Waals surface area contributed by atoms with E-state index in [2.05, 4.69) is 229 Å². The van der Waals surface area contributed by atoms with Gasteiger partial charge in [-0.15, -0.1) is 0 Å². The second kappa shape index (κ2) is 12.9. The first-order valence-electron chi connectivity index (χ1n) is 21.2. The third kappa shape index (κ3) is 4.77. The summed E-state index contributed by atoms with van der Waals surface area (Å²) in [6.45, 7) is 0. The Hall–Kier alpha value is -8.75. The van der Waals surface area contributed by atoms with Gasteiger partial charge in [-0.05, 0) is 72.8 Å². The van der Waals surface area contributed by atoms with E-state index in [9.17, 15) is 0 Å². The van der Waals surface area contributed by atoms with Gasteiger partial charge in [0.2, 0.25) is 17.8 Å². The van der Waals surface area contributed by atoms with Crippen LogP contribution in [0.5, 0.6) is 0 Å². The standard InChI is InChI=1S/C55H34N8/c1-3-15-35(16-4-1)59-33-31-43-45(59)29-27-41-39-21-9-13-25-49(39)62(51(41)43)54-56-53(61-47-23-11-7-19-37(47)38-20-8-12-24-48(38)61)57-55(58-54)63-50-26-14-10-22-40(50)42-28-30-46-44(52(42)63)32-34-60(46)36-17-5-2-6-18-36/h1-34H. The number of hydrogen-bond donors (Lipinski definition) is 0. The van der Waals surface area contributed by atoms with Crippen molar-refractivity contribution in [3.8, 4) is 29.2 Å². The molecule has 0 saturated heterocycles. The van der Waals surface area contributed by atoms with E-state index >= 15 is 0 Å². The number of benzene rings is 8. The first-order chi connectivity index (χ1) is 31.3. The molecule has 6 heterocycles. The van der Waals surface area contributed by atoms with E-state index in [-0.39, 0.29) is 0 Å². The molecule has 0 fully saturated rings. The van der Waals surface area contributed by atoms with E-state index < -0.39 is 0 Å². The SMILES string of the molecule is c1ccc(-n2ccc3c2ccc2c4ccccc4n(-c4nc(-n5c6ccccc6c6ccccc65)nc(-n5c6ccccc6c6ccc7c(ccn7-c7ccccc7)c65)n4)c23)cc1. The minimum Gasteiger partial charge on any atom is -0.316 e. The minimum absolute atomic E-state index is 0.531. The predicted molar refractivity (Wildman–Crippen MR) is 257 cm³/mol. The number of fused-ring (bicyclic) bond motifs is 13. The van der Waals surface area contributed by atoms with Gasteiger partial charge in [-0.1, -0.05) is 121 Å². The highest BCUT2D eigenvalue weighted by Gasteiger charge is 2.25. The van der Waals surface area contributed by atoms with Gasteiger partial charge in [0.05, 0.1) is 44.1 Å². The third-order valence-electron chi connectivity index (χ3n) is 12.9. The molecule has 0 atom stereocenters. The van der Waals surface area contributed by atoms with Gasteiger partial charge in [0.25, 0.3) is 0 Å². The summed E-state index contributed by atoms with van der Waals surface area (Å²) in [5, 5.41) is 9.00. The zero-order valence-electron chi connectivity index (χ0n) is 33.7. The van der Waals surface area contributed by atoms with Crippen LogP contribution in [-0.4, -0.2) is 37.8 Å². The summed E-state index contributed by atoms with van der Waals surface area (Å²) in [4.78, 5) is 16.7. The van der Waals surface area contributed by atoms with Gasteiger partial charge >= 0.3 is 0 Å². The van der Waals surface area contributed by atoms with Crippen molar-refractivity contribution < 1.29 is 0 Å². The van der Waals surface area contributed by atoms with Gasteiger partial charge in [-0.25, -0.2) is 0 Å². The Morgan fingerprint density at radius 3 is 0.984 bits per heavy atom. The monoisotopic (exact) mass is 806 g/mol. The second-order valence-corrected chi connectivity index (χ2v) is 16.1. The largest absolute Gasteiger partial charge is 0.316 e. The summed E-state index contributed by atoms with van der Waals surface area (Å²) >= 11 is 0. The van der Waals surface area contributed by atoms with Crippen molar-refractivity contribution in [2.24, 2.45) is 0 Å². The summed E-state index contributed by atoms with van der Waals surface area (Å²) in [7, 11) is 0. The van der Waals surface area contributed by atoms with Crippen LogP contribution in [0.4, 0.5) is 0 Å². The molecule has 8 nitrogen and oxygen atoms in total. The first kappa shape index (κ1) is 34.0. The van der Waals surface area contributed by atoms with Gasteiger partial charge < -0.3 is 9.13 Å². The van der Waals surface area contributed by atoms with Crippen LogP contribution in [0.2, 0.25) is 0 Å². The summed E-state index contributed by atoms with van der Waals surface area (Å²) < 4.78 is 11.2. The second-order valence-electron chi connectivity index (χ2n) is 16.1. The van der Waals surface area contributed by atoms with Crippen molar-refractivity contribution in [2.45, 2.75) is 0 Å². The van der Waals surface area contributed by atoms with Crippen LogP contribution in [0.25, 0.3) is 116 Å². The van der Waals surface area contributed by atoms with Crippen molar-refractivity contribution in [2.75, 3.05) is 0 Å². The molecule has 0 aliphatic rings. The molecule has 294 valence electrons. The van der Waals surface area contributed by atoms with E-state index in [0.29, 0.717) is 17.8 Å². The lowest BCUT2D eigenvalue weighted by atomic mass is 10.1. The van der Waals surface area contributed by atoms with Crippen LogP contribution >= 0.6 is 0 Å². The van der Waals surface area contributed by atoms with Gasteiger partial charge in [0.1, 0.15) is 0 Å². The Kier molecular flexibility index (Phi) is 6.95. The molecular weight excluding hydrogens is 773 g/mol. The Bertz CT molecular complexity index is 3880. The number of rotatable bonds is 5. The first-order valence-corrected chi connectivity index (χ1v) is 21.2. The Morgan fingerprint density at radius 1 is 0.238 bits per heavy atom. The highest BCUT2D eigenvalue weighted by atomic mass is 15.3. The van der Waals surface area contributed by atoms with Crippen LogP contribution < -0.4 is 0 Å². The Labute approximate surface area is 359 Å². The molecule has 14 aromatic rings. The van der Waals surface area contributed by atoms with Crippen molar-refractivity contribution in [1.82, 2.24) is 37.8 Å². The summed E-state index contributed by atoms with van der Waals surface area (Å²) in [5.74, 6) is 1.60. The average Bonchev–Trinajstić information content (AvgIpc) is 4.17. The molecule has 0 bridgehead atoms. The maximum absolute atomic E-state index is 5.61. The van der Waals surface area contributed by atoms with E-state index in [4.69, 9.17) is 15.0 Å². The maximum atomic E-state index is 5.61. The van der Waals surface area contributed by atoms with Crippen molar-refractivity contribution in [3.05, 3.63) is 207 Å². The number of hydrogen-bond acceptors (Lipinski definition) is 3. The fourth-order valence-corrected chi connectivity index (χ4v) is 10.2. The van der Waals surface area contributed by atoms with Crippen LogP contribution in [0.3, 0.4) is 0 Å². The van der Waals surface area contributed by atoms with E-state index in [1.165, 1.54) is 0 Å². The van der Waals surface area contributed by atoms with E-state index in [1.54, 1.807) is 0 Å².